The number of benzene rings is 1. The zero-order valence-corrected chi connectivity index (χ0v) is 7.06. The van der Waals surface area contributed by atoms with Gasteiger partial charge in [0.1, 0.15) is 0 Å². The molecule has 2 rings (SSSR count). The first-order valence-electron chi connectivity index (χ1n) is 3.70. The van der Waals surface area contributed by atoms with Crippen LogP contribution in [0, 0.1) is 0 Å². The van der Waals surface area contributed by atoms with Crippen LogP contribution in [0.15, 0.2) is 24.3 Å². The minimum atomic E-state index is -2.58. The summed E-state index contributed by atoms with van der Waals surface area (Å²) < 4.78 is 0. The van der Waals surface area contributed by atoms with Crippen molar-refractivity contribution in [2.75, 3.05) is 0 Å². The molecule has 0 unspecified atom stereocenters. The summed E-state index contributed by atoms with van der Waals surface area (Å²) in [6, 6.07) is 8.48. The summed E-state index contributed by atoms with van der Waals surface area (Å²) in [6.45, 7) is 0.773. The SMILES string of the molecule is CC(O)(O)C(=O)O.c1cc2ccc1-2. The molecule has 0 amide bonds. The van der Waals surface area contributed by atoms with E-state index in [2.05, 4.69) is 24.3 Å². The number of carboxylic acid groups (broad SMARTS) is 1. The van der Waals surface area contributed by atoms with Gasteiger partial charge in [-0.05, 0) is 11.1 Å². The molecular weight excluding hydrogens is 172 g/mol. The van der Waals surface area contributed by atoms with Crippen LogP contribution in [0.1, 0.15) is 6.92 Å². The molecule has 0 aliphatic heterocycles. The normalized spacial score (nSPS) is 11.3. The number of aliphatic hydroxyl groups is 2. The van der Waals surface area contributed by atoms with Crippen molar-refractivity contribution in [1.29, 1.82) is 0 Å². The molecule has 2 aliphatic carbocycles. The Morgan fingerprint density at radius 3 is 1.38 bits per heavy atom. The van der Waals surface area contributed by atoms with Gasteiger partial charge in [-0.25, -0.2) is 4.79 Å². The van der Waals surface area contributed by atoms with Crippen LogP contribution in [0.4, 0.5) is 0 Å². The quantitative estimate of drug-likeness (QED) is 0.559. The zero-order chi connectivity index (χ0) is 10.1. The lowest BCUT2D eigenvalue weighted by atomic mass is 9.95. The highest BCUT2D eigenvalue weighted by atomic mass is 16.5. The Balaban J connectivity index is 0.000000130. The molecule has 4 nitrogen and oxygen atoms in total. The minimum absolute atomic E-state index is 0.773. The van der Waals surface area contributed by atoms with Crippen molar-refractivity contribution in [3.63, 3.8) is 0 Å². The fourth-order valence-electron chi connectivity index (χ4n) is 0.663. The molecule has 0 bridgehead atoms. The maximum atomic E-state index is 9.52. The van der Waals surface area contributed by atoms with Crippen molar-refractivity contribution >= 4 is 5.97 Å². The maximum absolute atomic E-state index is 9.52. The van der Waals surface area contributed by atoms with Gasteiger partial charge in [0.05, 0.1) is 0 Å². The summed E-state index contributed by atoms with van der Waals surface area (Å²) in [7, 11) is 0. The van der Waals surface area contributed by atoms with Crippen molar-refractivity contribution in [1.82, 2.24) is 0 Å². The van der Waals surface area contributed by atoms with Crippen LogP contribution < -0.4 is 0 Å². The predicted molar refractivity (Wildman–Crippen MR) is 45.9 cm³/mol. The van der Waals surface area contributed by atoms with Crippen LogP contribution in [-0.4, -0.2) is 27.1 Å². The molecule has 0 aromatic carbocycles. The van der Waals surface area contributed by atoms with Gasteiger partial charge in [-0.1, -0.05) is 24.3 Å². The van der Waals surface area contributed by atoms with Gasteiger partial charge >= 0.3 is 5.97 Å². The average molecular weight is 182 g/mol. The number of rotatable bonds is 1. The molecule has 0 aromatic heterocycles. The lowest BCUT2D eigenvalue weighted by molar-refractivity contribution is -0.196. The van der Waals surface area contributed by atoms with Crippen molar-refractivity contribution in [3.8, 4) is 11.1 Å². The fourth-order valence-corrected chi connectivity index (χ4v) is 0.663. The number of carboxylic acids is 1. The molecule has 0 saturated carbocycles. The molecule has 0 radical (unpaired) electrons. The second-order valence-corrected chi connectivity index (χ2v) is 2.90. The molecular formula is C9H10O4. The molecule has 3 N–H and O–H groups in total. The van der Waals surface area contributed by atoms with Gasteiger partial charge in [0.25, 0.3) is 5.79 Å². The van der Waals surface area contributed by atoms with Crippen LogP contribution in [0.25, 0.3) is 11.1 Å². The lowest BCUT2D eigenvalue weighted by Gasteiger charge is -2.10. The van der Waals surface area contributed by atoms with Crippen molar-refractivity contribution in [2.45, 2.75) is 12.7 Å². The Morgan fingerprint density at radius 1 is 1.15 bits per heavy atom. The van der Waals surface area contributed by atoms with Gasteiger partial charge in [0.15, 0.2) is 0 Å². The summed E-state index contributed by atoms with van der Waals surface area (Å²) in [5, 5.41) is 23.9. The first-order valence-corrected chi connectivity index (χ1v) is 3.70. The summed E-state index contributed by atoms with van der Waals surface area (Å²) in [5.41, 5.74) is 2.85. The van der Waals surface area contributed by atoms with E-state index >= 15 is 0 Å². The van der Waals surface area contributed by atoms with E-state index in [1.54, 1.807) is 0 Å². The van der Waals surface area contributed by atoms with Crippen molar-refractivity contribution in [3.05, 3.63) is 24.3 Å². The van der Waals surface area contributed by atoms with Gasteiger partial charge in [-0.2, -0.15) is 0 Å². The molecule has 13 heavy (non-hydrogen) atoms. The number of fused-ring (bicyclic) bond motifs is 1. The van der Waals surface area contributed by atoms with E-state index in [1.807, 2.05) is 0 Å². The Kier molecular flexibility index (Phi) is 2.36. The Hall–Kier alpha value is -1.39. The van der Waals surface area contributed by atoms with Crippen LogP contribution in [0.2, 0.25) is 0 Å². The van der Waals surface area contributed by atoms with E-state index in [-0.39, 0.29) is 0 Å². The van der Waals surface area contributed by atoms with Crippen LogP contribution in [-0.2, 0) is 4.79 Å². The summed E-state index contributed by atoms with van der Waals surface area (Å²) >= 11 is 0. The lowest BCUT2D eigenvalue weighted by Crippen LogP contribution is -2.33. The maximum Gasteiger partial charge on any atom is 0.363 e. The second kappa shape index (κ2) is 3.16. The van der Waals surface area contributed by atoms with Crippen LogP contribution in [0.5, 0.6) is 0 Å². The molecule has 70 valence electrons. The number of hydrogen-bond donors (Lipinski definition) is 3. The smallest absolute Gasteiger partial charge is 0.363 e. The third-order valence-corrected chi connectivity index (χ3v) is 1.62. The Morgan fingerprint density at radius 2 is 1.38 bits per heavy atom. The fraction of sp³-hybridized carbons (Fsp3) is 0.222. The molecule has 4 heteroatoms. The Bertz CT molecular complexity index is 286. The predicted octanol–water partition coefficient (Wildman–Crippen LogP) is 0.439. The van der Waals surface area contributed by atoms with E-state index in [4.69, 9.17) is 15.3 Å². The summed E-state index contributed by atoms with van der Waals surface area (Å²) in [6.07, 6.45) is 0. The molecule has 0 saturated heterocycles. The Labute approximate surface area is 75.1 Å². The summed E-state index contributed by atoms with van der Waals surface area (Å²) in [5.74, 6) is -4.23. The summed E-state index contributed by atoms with van der Waals surface area (Å²) in [4.78, 5) is 9.52. The van der Waals surface area contributed by atoms with Gasteiger partial charge in [0, 0.05) is 6.92 Å². The first kappa shape index (κ1) is 9.70. The van der Waals surface area contributed by atoms with Crippen molar-refractivity contribution in [2.24, 2.45) is 0 Å². The average Bonchev–Trinajstić information content (AvgIpc) is 1.96. The van der Waals surface area contributed by atoms with Gasteiger partial charge in [-0.3, -0.25) is 0 Å². The van der Waals surface area contributed by atoms with Crippen LogP contribution >= 0.6 is 0 Å². The third kappa shape index (κ3) is 2.27. The molecule has 0 fully saturated rings. The molecule has 0 spiro atoms. The minimum Gasteiger partial charge on any atom is -0.477 e. The monoisotopic (exact) mass is 182 g/mol. The molecule has 0 atom stereocenters. The number of carbonyl (C=O) groups is 1. The largest absolute Gasteiger partial charge is 0.477 e. The third-order valence-electron chi connectivity index (χ3n) is 1.62. The highest BCUT2D eigenvalue weighted by Crippen LogP contribution is 2.29. The number of aliphatic carboxylic acids is 1. The topological polar surface area (TPSA) is 77.8 Å². The highest BCUT2D eigenvalue weighted by Gasteiger charge is 2.24. The second-order valence-electron chi connectivity index (χ2n) is 2.90. The first-order chi connectivity index (χ1) is 5.91. The van der Waals surface area contributed by atoms with E-state index in [0.29, 0.717) is 0 Å². The van der Waals surface area contributed by atoms with E-state index in [9.17, 15) is 4.79 Å². The van der Waals surface area contributed by atoms with Crippen molar-refractivity contribution < 1.29 is 20.1 Å². The molecule has 0 aromatic rings. The van der Waals surface area contributed by atoms with E-state index < -0.39 is 11.8 Å². The van der Waals surface area contributed by atoms with Gasteiger partial charge in [0.2, 0.25) is 0 Å². The van der Waals surface area contributed by atoms with Gasteiger partial charge < -0.3 is 15.3 Å². The standard InChI is InChI=1S/C6H4.C3H6O4/c1-2-6-4-3-5(1)6;1-3(6,7)2(4)5/h1-4H;6-7H,1H3,(H,4,5). The molecule has 0 heterocycles. The highest BCUT2D eigenvalue weighted by molar-refractivity contribution is 5.75. The number of hydrogen-bond acceptors (Lipinski definition) is 3. The van der Waals surface area contributed by atoms with E-state index in [0.717, 1.165) is 6.92 Å². The van der Waals surface area contributed by atoms with Gasteiger partial charge in [-0.15, -0.1) is 0 Å². The van der Waals surface area contributed by atoms with E-state index in [1.165, 1.54) is 11.1 Å². The molecule has 2 aliphatic rings. The van der Waals surface area contributed by atoms with Crippen LogP contribution in [0.3, 0.4) is 0 Å². The zero-order valence-electron chi connectivity index (χ0n) is 7.06.